The molecular formula is C18H20N4O. The first-order valence-corrected chi connectivity index (χ1v) is 8.02. The maximum Gasteiger partial charge on any atom is 0.261 e. The van der Waals surface area contributed by atoms with Gasteiger partial charge in [-0.05, 0) is 49.8 Å². The zero-order chi connectivity index (χ0) is 16.1. The van der Waals surface area contributed by atoms with E-state index >= 15 is 0 Å². The van der Waals surface area contributed by atoms with Gasteiger partial charge in [-0.2, -0.15) is 0 Å². The Morgan fingerprint density at radius 2 is 2.00 bits per heavy atom. The largest absolute Gasteiger partial charge is 0.336 e. The number of hydrogen-bond acceptors (Lipinski definition) is 3. The Morgan fingerprint density at radius 3 is 2.65 bits per heavy atom. The van der Waals surface area contributed by atoms with Crippen LogP contribution in [-0.2, 0) is 7.05 Å². The maximum absolute atomic E-state index is 13.1. The zero-order valence-corrected chi connectivity index (χ0v) is 13.7. The van der Waals surface area contributed by atoms with E-state index in [-0.39, 0.29) is 11.6 Å². The third-order valence-electron chi connectivity index (χ3n) is 4.97. The Balaban J connectivity index is 1.94. The Bertz CT molecular complexity index is 949. The van der Waals surface area contributed by atoms with E-state index in [1.54, 1.807) is 17.1 Å². The van der Waals surface area contributed by atoms with Gasteiger partial charge in [-0.25, -0.2) is 9.97 Å². The molecule has 0 amide bonds. The van der Waals surface area contributed by atoms with Crippen LogP contribution in [0.2, 0.25) is 0 Å². The highest BCUT2D eigenvalue weighted by atomic mass is 16.1. The number of rotatable bonds is 3. The monoisotopic (exact) mass is 308 g/mol. The minimum absolute atomic E-state index is 0.0259. The third kappa shape index (κ3) is 2.19. The van der Waals surface area contributed by atoms with Crippen molar-refractivity contribution in [1.29, 1.82) is 0 Å². The first kappa shape index (κ1) is 14.2. The predicted molar refractivity (Wildman–Crippen MR) is 89.5 cm³/mol. The van der Waals surface area contributed by atoms with Crippen LogP contribution in [0.5, 0.6) is 0 Å². The molecule has 1 aliphatic rings. The smallest absolute Gasteiger partial charge is 0.261 e. The van der Waals surface area contributed by atoms with Gasteiger partial charge in [0.2, 0.25) is 0 Å². The van der Waals surface area contributed by atoms with Crippen LogP contribution in [-0.4, -0.2) is 19.1 Å². The van der Waals surface area contributed by atoms with Gasteiger partial charge in [0.1, 0.15) is 5.82 Å². The second-order valence-electron chi connectivity index (χ2n) is 6.54. The molecule has 0 radical (unpaired) electrons. The highest BCUT2D eigenvalue weighted by molar-refractivity contribution is 5.81. The van der Waals surface area contributed by atoms with Crippen molar-refractivity contribution in [2.75, 3.05) is 0 Å². The minimum atomic E-state index is -0.0268. The summed E-state index contributed by atoms with van der Waals surface area (Å²) in [6.45, 7) is 4.06. The molecular weight excluding hydrogens is 288 g/mol. The topological polar surface area (TPSA) is 52.7 Å². The molecule has 4 rings (SSSR count). The van der Waals surface area contributed by atoms with Gasteiger partial charge in [0, 0.05) is 19.4 Å². The molecule has 0 N–H and O–H groups in total. The summed E-state index contributed by atoms with van der Waals surface area (Å²) in [4.78, 5) is 22.1. The molecule has 23 heavy (non-hydrogen) atoms. The van der Waals surface area contributed by atoms with Gasteiger partial charge in [0.15, 0.2) is 0 Å². The van der Waals surface area contributed by atoms with Gasteiger partial charge in [0.25, 0.3) is 5.56 Å². The van der Waals surface area contributed by atoms with E-state index in [2.05, 4.69) is 9.97 Å². The Hall–Kier alpha value is -2.43. The minimum Gasteiger partial charge on any atom is -0.336 e. The van der Waals surface area contributed by atoms with Crippen molar-refractivity contribution in [3.8, 4) is 0 Å². The van der Waals surface area contributed by atoms with Gasteiger partial charge in [0.05, 0.1) is 23.3 Å². The van der Waals surface area contributed by atoms with E-state index in [1.807, 2.05) is 43.8 Å². The fraction of sp³-hybridized carbons (Fsp3) is 0.389. The van der Waals surface area contributed by atoms with Crippen LogP contribution < -0.4 is 5.56 Å². The molecule has 0 saturated heterocycles. The molecule has 118 valence electrons. The molecule has 2 heterocycles. The van der Waals surface area contributed by atoms with E-state index in [0.717, 1.165) is 35.3 Å². The van der Waals surface area contributed by atoms with Crippen molar-refractivity contribution in [2.45, 2.75) is 32.7 Å². The van der Waals surface area contributed by atoms with Gasteiger partial charge in [-0.3, -0.25) is 9.36 Å². The number of hydrogen-bond donors (Lipinski definition) is 0. The summed E-state index contributed by atoms with van der Waals surface area (Å²) in [5.74, 6) is 1.40. The second kappa shape index (κ2) is 5.05. The highest BCUT2D eigenvalue weighted by Crippen LogP contribution is 2.42. The van der Waals surface area contributed by atoms with E-state index < -0.39 is 0 Å². The lowest BCUT2D eigenvalue weighted by molar-refractivity contribution is 0.463. The third-order valence-corrected chi connectivity index (χ3v) is 4.97. The first-order valence-electron chi connectivity index (χ1n) is 8.02. The van der Waals surface area contributed by atoms with Gasteiger partial charge >= 0.3 is 0 Å². The molecule has 5 heteroatoms. The molecule has 1 saturated carbocycles. The summed E-state index contributed by atoms with van der Waals surface area (Å²) < 4.78 is 3.77. The van der Waals surface area contributed by atoms with Crippen molar-refractivity contribution in [3.63, 3.8) is 0 Å². The molecule has 0 aliphatic heterocycles. The maximum atomic E-state index is 13.1. The molecule has 1 aromatic carbocycles. The van der Waals surface area contributed by atoms with E-state index in [9.17, 15) is 4.79 Å². The van der Waals surface area contributed by atoms with Crippen LogP contribution in [0, 0.1) is 19.8 Å². The summed E-state index contributed by atoms with van der Waals surface area (Å²) in [5.41, 5.74) is 3.07. The van der Waals surface area contributed by atoms with Crippen LogP contribution in [0.15, 0.2) is 35.6 Å². The van der Waals surface area contributed by atoms with Gasteiger partial charge in [-0.1, -0.05) is 6.07 Å². The number of aryl methyl sites for hydroxylation is 3. The van der Waals surface area contributed by atoms with Crippen molar-refractivity contribution in [1.82, 2.24) is 19.1 Å². The molecule has 2 aromatic heterocycles. The predicted octanol–water partition coefficient (Wildman–Crippen LogP) is 2.75. The molecule has 0 spiro atoms. The summed E-state index contributed by atoms with van der Waals surface area (Å²) >= 11 is 0. The Morgan fingerprint density at radius 1 is 1.22 bits per heavy atom. The Labute approximate surface area is 134 Å². The molecule has 3 aromatic rings. The molecule has 1 aliphatic carbocycles. The lowest BCUT2D eigenvalue weighted by Crippen LogP contribution is -2.29. The molecule has 1 atom stereocenters. The number of imidazole rings is 1. The van der Waals surface area contributed by atoms with E-state index in [0.29, 0.717) is 11.3 Å². The Kier molecular flexibility index (Phi) is 3.11. The van der Waals surface area contributed by atoms with Crippen molar-refractivity contribution in [3.05, 3.63) is 58.2 Å². The fourth-order valence-electron chi connectivity index (χ4n) is 3.29. The lowest BCUT2D eigenvalue weighted by Gasteiger charge is -2.19. The zero-order valence-electron chi connectivity index (χ0n) is 13.7. The molecule has 5 nitrogen and oxygen atoms in total. The SMILES string of the molecule is Cc1ccc2c(=O)n([C@@H](c3nccn3C)C3CC3)cnc2c1C. The lowest BCUT2D eigenvalue weighted by atomic mass is 10.1. The first-order chi connectivity index (χ1) is 11.1. The van der Waals surface area contributed by atoms with Crippen molar-refractivity contribution >= 4 is 10.9 Å². The summed E-state index contributed by atoms with van der Waals surface area (Å²) in [5, 5.41) is 0.690. The second-order valence-corrected chi connectivity index (χ2v) is 6.54. The van der Waals surface area contributed by atoms with Crippen LogP contribution in [0.4, 0.5) is 0 Å². The van der Waals surface area contributed by atoms with Crippen LogP contribution in [0.1, 0.15) is 35.8 Å². The molecule has 1 fully saturated rings. The quantitative estimate of drug-likeness (QED) is 0.747. The number of nitrogens with zero attached hydrogens (tertiary/aromatic N) is 4. The number of aromatic nitrogens is 4. The average molecular weight is 308 g/mol. The number of fused-ring (bicyclic) bond motifs is 1. The standard InChI is InChI=1S/C18H20N4O/c1-11-4-7-14-15(12(11)2)20-10-22(18(14)23)16(13-5-6-13)17-19-8-9-21(17)3/h4,7-10,13,16H,5-6H2,1-3H3/t16-/m1/s1. The van der Waals surface area contributed by atoms with Crippen LogP contribution >= 0.6 is 0 Å². The van der Waals surface area contributed by atoms with Crippen molar-refractivity contribution in [2.24, 2.45) is 13.0 Å². The summed E-state index contributed by atoms with van der Waals surface area (Å²) in [6, 6.07) is 3.87. The average Bonchev–Trinajstić information content (AvgIpc) is 3.28. The van der Waals surface area contributed by atoms with Gasteiger partial charge in [-0.15, -0.1) is 0 Å². The van der Waals surface area contributed by atoms with E-state index in [1.165, 1.54) is 0 Å². The van der Waals surface area contributed by atoms with E-state index in [4.69, 9.17) is 0 Å². The van der Waals surface area contributed by atoms with Crippen LogP contribution in [0.3, 0.4) is 0 Å². The summed E-state index contributed by atoms with van der Waals surface area (Å²) in [7, 11) is 1.98. The fourth-order valence-corrected chi connectivity index (χ4v) is 3.29. The molecule has 0 bridgehead atoms. The molecule has 0 unspecified atom stereocenters. The van der Waals surface area contributed by atoms with Crippen molar-refractivity contribution < 1.29 is 0 Å². The summed E-state index contributed by atoms with van der Waals surface area (Å²) in [6.07, 6.45) is 7.69. The normalized spacial score (nSPS) is 16.0. The number of benzene rings is 1. The van der Waals surface area contributed by atoms with Gasteiger partial charge < -0.3 is 4.57 Å². The van der Waals surface area contributed by atoms with Crippen LogP contribution in [0.25, 0.3) is 10.9 Å². The highest BCUT2D eigenvalue weighted by Gasteiger charge is 2.36.